The summed E-state index contributed by atoms with van der Waals surface area (Å²) >= 11 is 1.57. The second-order valence-electron chi connectivity index (χ2n) is 4.30. The first-order valence-electron chi connectivity index (χ1n) is 5.66. The van der Waals surface area contributed by atoms with E-state index in [9.17, 15) is 4.79 Å². The van der Waals surface area contributed by atoms with Crippen LogP contribution in [0.3, 0.4) is 0 Å². The Hall–Kier alpha value is -1.10. The first kappa shape index (κ1) is 11.4. The van der Waals surface area contributed by atoms with Crippen LogP contribution in [0.2, 0.25) is 0 Å². The van der Waals surface area contributed by atoms with Gasteiger partial charge in [0.05, 0.1) is 12.1 Å². The Morgan fingerprint density at radius 2 is 2.38 bits per heavy atom. The molecule has 0 radical (unpaired) electrons. The van der Waals surface area contributed by atoms with Crippen LogP contribution in [0, 0.1) is 5.92 Å². The fourth-order valence-corrected chi connectivity index (χ4v) is 2.35. The van der Waals surface area contributed by atoms with E-state index < -0.39 is 0 Å². The molecule has 88 valence electrons. The lowest BCUT2D eigenvalue weighted by molar-refractivity contribution is 0.173. The van der Waals surface area contributed by atoms with Crippen LogP contribution in [0.5, 0.6) is 0 Å². The molecule has 5 heteroatoms. The number of amides is 2. The van der Waals surface area contributed by atoms with Gasteiger partial charge in [0.2, 0.25) is 0 Å². The first-order valence-corrected chi connectivity index (χ1v) is 6.54. The molecule has 0 saturated carbocycles. The highest BCUT2D eigenvalue weighted by Crippen LogP contribution is 2.15. The van der Waals surface area contributed by atoms with Gasteiger partial charge >= 0.3 is 6.03 Å². The lowest BCUT2D eigenvalue weighted by atomic mass is 10.00. The van der Waals surface area contributed by atoms with E-state index in [2.05, 4.69) is 17.2 Å². The van der Waals surface area contributed by atoms with E-state index in [1.807, 2.05) is 4.90 Å². The van der Waals surface area contributed by atoms with E-state index >= 15 is 0 Å². The number of piperidine rings is 1. The summed E-state index contributed by atoms with van der Waals surface area (Å²) in [5, 5.41) is 2.93. The second-order valence-corrected chi connectivity index (χ2v) is 5.27. The van der Waals surface area contributed by atoms with Crippen molar-refractivity contribution in [1.82, 2.24) is 15.2 Å². The first-order chi connectivity index (χ1) is 7.75. The normalized spacial score (nSPS) is 17.4. The maximum atomic E-state index is 11.8. The smallest absolute Gasteiger partial charge is 0.317 e. The molecule has 1 aromatic heterocycles. The summed E-state index contributed by atoms with van der Waals surface area (Å²) in [5.41, 5.74) is 1.78. The third kappa shape index (κ3) is 2.95. The highest BCUT2D eigenvalue weighted by Gasteiger charge is 2.19. The van der Waals surface area contributed by atoms with Gasteiger partial charge < -0.3 is 10.2 Å². The van der Waals surface area contributed by atoms with Crippen molar-refractivity contribution < 1.29 is 4.79 Å². The molecule has 1 fully saturated rings. The van der Waals surface area contributed by atoms with Crippen LogP contribution >= 0.6 is 11.3 Å². The SMILES string of the molecule is CC1CCN(C(=O)NCc2cncs2)CC1. The molecule has 2 heterocycles. The van der Waals surface area contributed by atoms with Crippen LogP contribution in [0.4, 0.5) is 4.79 Å². The third-order valence-electron chi connectivity index (χ3n) is 2.97. The number of nitrogens with one attached hydrogen (secondary N) is 1. The van der Waals surface area contributed by atoms with Crippen molar-refractivity contribution in [1.29, 1.82) is 0 Å². The van der Waals surface area contributed by atoms with E-state index in [-0.39, 0.29) is 6.03 Å². The Morgan fingerprint density at radius 1 is 1.62 bits per heavy atom. The molecule has 0 spiro atoms. The zero-order valence-corrected chi connectivity index (χ0v) is 10.3. The van der Waals surface area contributed by atoms with Crippen LogP contribution in [0.1, 0.15) is 24.6 Å². The van der Waals surface area contributed by atoms with Gasteiger partial charge in [-0.2, -0.15) is 0 Å². The minimum atomic E-state index is 0.0558. The maximum absolute atomic E-state index is 11.8. The fraction of sp³-hybridized carbons (Fsp3) is 0.636. The van der Waals surface area contributed by atoms with E-state index in [0.29, 0.717) is 6.54 Å². The maximum Gasteiger partial charge on any atom is 0.317 e. The number of rotatable bonds is 2. The second kappa shape index (κ2) is 5.30. The monoisotopic (exact) mass is 239 g/mol. The van der Waals surface area contributed by atoms with Crippen molar-refractivity contribution >= 4 is 17.4 Å². The van der Waals surface area contributed by atoms with Gasteiger partial charge in [-0.1, -0.05) is 6.92 Å². The molecule has 0 aromatic carbocycles. The minimum Gasteiger partial charge on any atom is -0.333 e. The molecule has 0 atom stereocenters. The van der Waals surface area contributed by atoms with Crippen LogP contribution < -0.4 is 5.32 Å². The van der Waals surface area contributed by atoms with Crippen LogP contribution in [-0.4, -0.2) is 29.0 Å². The zero-order valence-electron chi connectivity index (χ0n) is 9.48. The Labute approximate surface area is 99.7 Å². The summed E-state index contributed by atoms with van der Waals surface area (Å²) in [5.74, 6) is 0.755. The summed E-state index contributed by atoms with van der Waals surface area (Å²) in [7, 11) is 0. The summed E-state index contributed by atoms with van der Waals surface area (Å²) in [6.07, 6.45) is 4.03. The number of hydrogen-bond donors (Lipinski definition) is 1. The molecule has 1 saturated heterocycles. The summed E-state index contributed by atoms with van der Waals surface area (Å²) in [6.45, 7) is 4.60. The van der Waals surface area contributed by atoms with Crippen molar-refractivity contribution in [2.75, 3.05) is 13.1 Å². The molecular weight excluding hydrogens is 222 g/mol. The molecule has 1 aromatic rings. The Bertz CT molecular complexity index is 331. The van der Waals surface area contributed by atoms with Gasteiger partial charge in [0.1, 0.15) is 0 Å². The summed E-state index contributed by atoms with van der Waals surface area (Å²) < 4.78 is 0. The number of hydrogen-bond acceptors (Lipinski definition) is 3. The minimum absolute atomic E-state index is 0.0558. The molecule has 4 nitrogen and oxygen atoms in total. The number of nitrogens with zero attached hydrogens (tertiary/aromatic N) is 2. The van der Waals surface area contributed by atoms with Crippen molar-refractivity contribution in [3.05, 3.63) is 16.6 Å². The van der Waals surface area contributed by atoms with Gasteiger partial charge in [-0.3, -0.25) is 4.98 Å². The molecule has 2 amide bonds. The highest BCUT2D eigenvalue weighted by atomic mass is 32.1. The van der Waals surface area contributed by atoms with Gasteiger partial charge in [0.25, 0.3) is 0 Å². The van der Waals surface area contributed by atoms with Crippen LogP contribution in [0.15, 0.2) is 11.7 Å². The highest BCUT2D eigenvalue weighted by molar-refractivity contribution is 7.09. The van der Waals surface area contributed by atoms with Gasteiger partial charge in [0.15, 0.2) is 0 Å². The van der Waals surface area contributed by atoms with Gasteiger partial charge in [0, 0.05) is 24.2 Å². The molecule has 0 aliphatic carbocycles. The van der Waals surface area contributed by atoms with Gasteiger partial charge in [-0.25, -0.2) is 4.79 Å². The zero-order chi connectivity index (χ0) is 11.4. The van der Waals surface area contributed by atoms with Gasteiger partial charge in [-0.15, -0.1) is 11.3 Å². The summed E-state index contributed by atoms with van der Waals surface area (Å²) in [6, 6.07) is 0.0558. The van der Waals surface area contributed by atoms with Crippen molar-refractivity contribution in [2.45, 2.75) is 26.3 Å². The van der Waals surface area contributed by atoms with Crippen LogP contribution in [-0.2, 0) is 6.54 Å². The lowest BCUT2D eigenvalue weighted by Gasteiger charge is -2.30. The number of likely N-dealkylation sites (tertiary alicyclic amines) is 1. The van der Waals surface area contributed by atoms with E-state index in [0.717, 1.165) is 36.7 Å². The number of carbonyl (C=O) groups is 1. The number of carbonyl (C=O) groups excluding carboxylic acids is 1. The lowest BCUT2D eigenvalue weighted by Crippen LogP contribution is -2.43. The molecule has 1 N–H and O–H groups in total. The molecule has 0 bridgehead atoms. The topological polar surface area (TPSA) is 45.2 Å². The Kier molecular flexibility index (Phi) is 3.77. The van der Waals surface area contributed by atoms with E-state index in [1.54, 1.807) is 23.0 Å². The Morgan fingerprint density at radius 3 is 3.00 bits per heavy atom. The molecule has 1 aliphatic rings. The van der Waals surface area contributed by atoms with Crippen molar-refractivity contribution in [3.63, 3.8) is 0 Å². The molecule has 1 aliphatic heterocycles. The predicted octanol–water partition coefficient (Wildman–Crippen LogP) is 2.08. The number of thiazole rings is 1. The van der Waals surface area contributed by atoms with Crippen molar-refractivity contribution in [3.8, 4) is 0 Å². The standard InChI is InChI=1S/C11H17N3OS/c1-9-2-4-14(5-3-9)11(15)13-7-10-6-12-8-16-10/h6,8-9H,2-5,7H2,1H3,(H,13,15). The molecular formula is C11H17N3OS. The predicted molar refractivity (Wildman–Crippen MR) is 64.3 cm³/mol. The fourth-order valence-electron chi connectivity index (χ4n) is 1.82. The van der Waals surface area contributed by atoms with Crippen molar-refractivity contribution in [2.24, 2.45) is 5.92 Å². The summed E-state index contributed by atoms with van der Waals surface area (Å²) in [4.78, 5) is 18.8. The number of urea groups is 1. The molecule has 16 heavy (non-hydrogen) atoms. The van der Waals surface area contributed by atoms with E-state index in [1.165, 1.54) is 0 Å². The van der Waals surface area contributed by atoms with E-state index in [4.69, 9.17) is 0 Å². The average Bonchev–Trinajstić information content (AvgIpc) is 2.80. The molecule has 2 rings (SSSR count). The van der Waals surface area contributed by atoms with Gasteiger partial charge in [-0.05, 0) is 18.8 Å². The Balaban J connectivity index is 1.75. The average molecular weight is 239 g/mol. The molecule has 0 unspecified atom stereocenters. The number of aromatic nitrogens is 1. The van der Waals surface area contributed by atoms with Crippen LogP contribution in [0.25, 0.3) is 0 Å². The quantitative estimate of drug-likeness (QED) is 0.859. The third-order valence-corrected chi connectivity index (χ3v) is 3.75. The largest absolute Gasteiger partial charge is 0.333 e.